The van der Waals surface area contributed by atoms with E-state index in [-0.39, 0.29) is 5.56 Å². The first-order chi connectivity index (χ1) is 8.77. The molecular formula is C13H14BrN3O. The molecule has 0 atom stereocenters. The highest BCUT2D eigenvalue weighted by atomic mass is 79.9. The Hall–Kier alpha value is -1.46. The number of nitrogens with one attached hydrogen (secondary N) is 1. The van der Waals surface area contributed by atoms with Crippen LogP contribution in [0.25, 0.3) is 0 Å². The van der Waals surface area contributed by atoms with E-state index in [2.05, 4.69) is 26.2 Å². The summed E-state index contributed by atoms with van der Waals surface area (Å²) in [6.07, 6.45) is 5.38. The summed E-state index contributed by atoms with van der Waals surface area (Å²) in [7, 11) is 0. The second-order valence-electron chi connectivity index (χ2n) is 3.89. The number of hydrogen-bond donors (Lipinski definition) is 1. The Bertz CT molecular complexity index is 554. The minimum absolute atomic E-state index is 0.000628. The molecule has 0 unspecified atom stereocenters. The highest BCUT2D eigenvalue weighted by molar-refractivity contribution is 9.10. The van der Waals surface area contributed by atoms with Gasteiger partial charge in [-0.3, -0.25) is 9.78 Å². The van der Waals surface area contributed by atoms with Gasteiger partial charge in [-0.25, -0.2) is 0 Å². The van der Waals surface area contributed by atoms with Crippen molar-refractivity contribution < 1.29 is 0 Å². The molecule has 5 heteroatoms. The number of nitrogens with zero attached hydrogens (tertiary/aromatic N) is 2. The van der Waals surface area contributed by atoms with Gasteiger partial charge in [-0.1, -0.05) is 6.07 Å². The lowest BCUT2D eigenvalue weighted by Gasteiger charge is -2.07. The van der Waals surface area contributed by atoms with Crippen LogP contribution in [0.4, 0.5) is 0 Å². The summed E-state index contributed by atoms with van der Waals surface area (Å²) in [4.78, 5) is 15.8. The first kappa shape index (κ1) is 13.0. The Morgan fingerprint density at radius 1 is 1.33 bits per heavy atom. The molecule has 2 rings (SSSR count). The average molecular weight is 308 g/mol. The third-order valence-corrected chi connectivity index (χ3v) is 3.16. The van der Waals surface area contributed by atoms with Crippen molar-refractivity contribution in [2.24, 2.45) is 0 Å². The third-order valence-electron chi connectivity index (χ3n) is 2.56. The Morgan fingerprint density at radius 2 is 2.22 bits per heavy atom. The maximum Gasteiger partial charge on any atom is 0.264 e. The van der Waals surface area contributed by atoms with Crippen LogP contribution in [-0.4, -0.2) is 16.1 Å². The average Bonchev–Trinajstić information content (AvgIpc) is 2.40. The molecule has 0 aliphatic heterocycles. The summed E-state index contributed by atoms with van der Waals surface area (Å²) in [6, 6.07) is 7.54. The van der Waals surface area contributed by atoms with E-state index in [1.807, 2.05) is 24.4 Å². The highest BCUT2D eigenvalue weighted by Gasteiger charge is 1.99. The summed E-state index contributed by atoms with van der Waals surface area (Å²) in [6.45, 7) is 2.15. The van der Waals surface area contributed by atoms with E-state index >= 15 is 0 Å². The van der Waals surface area contributed by atoms with Gasteiger partial charge < -0.3 is 9.88 Å². The molecule has 0 saturated heterocycles. The normalized spacial score (nSPS) is 10.5. The van der Waals surface area contributed by atoms with Crippen molar-refractivity contribution in [2.45, 2.75) is 13.1 Å². The van der Waals surface area contributed by atoms with Crippen molar-refractivity contribution in [1.82, 2.24) is 14.9 Å². The van der Waals surface area contributed by atoms with Gasteiger partial charge in [0.1, 0.15) is 0 Å². The van der Waals surface area contributed by atoms with Gasteiger partial charge >= 0.3 is 0 Å². The first-order valence-electron chi connectivity index (χ1n) is 5.72. The Kier molecular flexibility index (Phi) is 4.66. The SMILES string of the molecule is O=c1c(Br)cccn1CCNCc1cccnc1. The van der Waals surface area contributed by atoms with Gasteiger partial charge in [0.25, 0.3) is 5.56 Å². The number of hydrogen-bond acceptors (Lipinski definition) is 3. The molecule has 0 spiro atoms. The van der Waals surface area contributed by atoms with E-state index in [0.717, 1.165) is 18.7 Å². The third kappa shape index (κ3) is 3.51. The topological polar surface area (TPSA) is 46.9 Å². The van der Waals surface area contributed by atoms with Crippen LogP contribution in [0.1, 0.15) is 5.56 Å². The molecule has 2 aromatic rings. The van der Waals surface area contributed by atoms with E-state index in [4.69, 9.17) is 0 Å². The molecule has 0 aliphatic carbocycles. The lowest BCUT2D eigenvalue weighted by atomic mass is 10.3. The second-order valence-corrected chi connectivity index (χ2v) is 4.75. The van der Waals surface area contributed by atoms with Crippen LogP contribution in [0, 0.1) is 0 Å². The van der Waals surface area contributed by atoms with Crippen LogP contribution >= 0.6 is 15.9 Å². The van der Waals surface area contributed by atoms with Gasteiger partial charge in [0, 0.05) is 38.2 Å². The Labute approximate surface area is 114 Å². The number of aromatic nitrogens is 2. The van der Waals surface area contributed by atoms with Gasteiger partial charge in [0.2, 0.25) is 0 Å². The van der Waals surface area contributed by atoms with Crippen molar-refractivity contribution in [3.8, 4) is 0 Å². The molecule has 0 fully saturated rings. The Balaban J connectivity index is 1.82. The largest absolute Gasteiger partial charge is 0.313 e. The smallest absolute Gasteiger partial charge is 0.264 e. The zero-order chi connectivity index (χ0) is 12.8. The molecule has 4 nitrogen and oxygen atoms in total. The molecule has 0 saturated carbocycles. The predicted molar refractivity (Wildman–Crippen MR) is 74.3 cm³/mol. The molecule has 0 aromatic carbocycles. The van der Waals surface area contributed by atoms with Gasteiger partial charge in [-0.05, 0) is 39.7 Å². The van der Waals surface area contributed by atoms with Crippen LogP contribution in [0.3, 0.4) is 0 Å². The van der Waals surface area contributed by atoms with E-state index in [1.54, 1.807) is 23.0 Å². The maximum absolute atomic E-state index is 11.7. The van der Waals surface area contributed by atoms with Crippen molar-refractivity contribution >= 4 is 15.9 Å². The fourth-order valence-corrected chi connectivity index (χ4v) is 2.00. The molecular weight excluding hydrogens is 294 g/mol. The fourth-order valence-electron chi connectivity index (χ4n) is 1.62. The van der Waals surface area contributed by atoms with E-state index in [9.17, 15) is 4.79 Å². The van der Waals surface area contributed by atoms with Gasteiger partial charge in [0.05, 0.1) is 4.47 Å². The van der Waals surface area contributed by atoms with Gasteiger partial charge in [-0.15, -0.1) is 0 Å². The lowest BCUT2D eigenvalue weighted by molar-refractivity contribution is 0.583. The number of rotatable bonds is 5. The molecule has 18 heavy (non-hydrogen) atoms. The molecule has 0 aliphatic rings. The summed E-state index contributed by atoms with van der Waals surface area (Å²) >= 11 is 3.23. The van der Waals surface area contributed by atoms with Crippen molar-refractivity contribution in [2.75, 3.05) is 6.54 Å². The summed E-state index contributed by atoms with van der Waals surface area (Å²) in [5.41, 5.74) is 1.14. The molecule has 0 radical (unpaired) electrons. The van der Waals surface area contributed by atoms with Gasteiger partial charge in [0.15, 0.2) is 0 Å². The minimum Gasteiger partial charge on any atom is -0.313 e. The van der Waals surface area contributed by atoms with Crippen LogP contribution in [0.5, 0.6) is 0 Å². The first-order valence-corrected chi connectivity index (χ1v) is 6.51. The second kappa shape index (κ2) is 6.47. The maximum atomic E-state index is 11.7. The van der Waals surface area contributed by atoms with E-state index in [1.165, 1.54) is 0 Å². The molecule has 0 amide bonds. The number of halogens is 1. The Morgan fingerprint density at radius 3 is 3.00 bits per heavy atom. The van der Waals surface area contributed by atoms with Crippen molar-refractivity contribution in [3.63, 3.8) is 0 Å². The molecule has 0 bridgehead atoms. The van der Waals surface area contributed by atoms with Crippen molar-refractivity contribution in [3.05, 3.63) is 63.2 Å². The predicted octanol–water partition coefficient (Wildman–Crippen LogP) is 1.80. The summed E-state index contributed by atoms with van der Waals surface area (Å²) < 4.78 is 2.28. The summed E-state index contributed by atoms with van der Waals surface area (Å²) in [5, 5.41) is 3.28. The fraction of sp³-hybridized carbons (Fsp3) is 0.231. The quantitative estimate of drug-likeness (QED) is 0.857. The minimum atomic E-state index is 0.000628. The van der Waals surface area contributed by atoms with E-state index in [0.29, 0.717) is 11.0 Å². The molecule has 1 N–H and O–H groups in total. The van der Waals surface area contributed by atoms with E-state index < -0.39 is 0 Å². The molecule has 94 valence electrons. The van der Waals surface area contributed by atoms with Crippen LogP contribution < -0.4 is 10.9 Å². The lowest BCUT2D eigenvalue weighted by Crippen LogP contribution is -2.26. The monoisotopic (exact) mass is 307 g/mol. The summed E-state index contributed by atoms with van der Waals surface area (Å²) in [5.74, 6) is 0. The molecule has 2 heterocycles. The standard InChI is InChI=1S/C13H14BrN3O/c14-12-4-2-7-17(13(12)18)8-6-16-10-11-3-1-5-15-9-11/h1-5,7,9,16H,6,8,10H2. The highest BCUT2D eigenvalue weighted by Crippen LogP contribution is 2.00. The molecule has 2 aromatic heterocycles. The number of pyridine rings is 2. The zero-order valence-corrected chi connectivity index (χ0v) is 11.4. The van der Waals surface area contributed by atoms with Gasteiger partial charge in [-0.2, -0.15) is 0 Å². The van der Waals surface area contributed by atoms with Crippen LogP contribution in [-0.2, 0) is 13.1 Å². The van der Waals surface area contributed by atoms with Crippen molar-refractivity contribution in [1.29, 1.82) is 0 Å². The zero-order valence-electron chi connectivity index (χ0n) is 9.84. The van der Waals surface area contributed by atoms with Crippen LogP contribution in [0.15, 0.2) is 52.1 Å². The van der Waals surface area contributed by atoms with Crippen LogP contribution in [0.2, 0.25) is 0 Å².